The highest BCUT2D eigenvalue weighted by Gasteiger charge is 2.20. The van der Waals surface area contributed by atoms with E-state index in [4.69, 9.17) is 4.98 Å². The summed E-state index contributed by atoms with van der Waals surface area (Å²) < 4.78 is 0. The molecule has 0 unspecified atom stereocenters. The van der Waals surface area contributed by atoms with Gasteiger partial charge in [0.2, 0.25) is 0 Å². The van der Waals surface area contributed by atoms with Crippen molar-refractivity contribution in [1.29, 1.82) is 0 Å². The Morgan fingerprint density at radius 2 is 1.92 bits per heavy atom. The van der Waals surface area contributed by atoms with Gasteiger partial charge in [0.15, 0.2) is 0 Å². The second-order valence-corrected chi connectivity index (χ2v) is 6.75. The molecule has 5 heteroatoms. The Balaban J connectivity index is 1.89. The molecule has 0 aliphatic carbocycles. The predicted octanol–water partition coefficient (Wildman–Crippen LogP) is 3.26. The molecule has 0 saturated carbocycles. The standard InChI is InChI=1S/C19H26N4O/c1-12(2)19-21-17(20-4)10-18(22-19)23-8-7-15-9-14(13(3)24)5-6-16(15)11-23/h5-6,9-10,12-13,24H,7-8,11H2,1-4H3,(H,20,21,22)/t13-/m1/s1. The molecule has 0 amide bonds. The maximum Gasteiger partial charge on any atom is 0.135 e. The van der Waals surface area contributed by atoms with Gasteiger partial charge in [0.25, 0.3) is 0 Å². The van der Waals surface area contributed by atoms with Gasteiger partial charge in [-0.2, -0.15) is 0 Å². The number of rotatable bonds is 4. The third kappa shape index (κ3) is 3.36. The van der Waals surface area contributed by atoms with Crippen molar-refractivity contribution in [1.82, 2.24) is 9.97 Å². The first-order chi connectivity index (χ1) is 11.5. The molecule has 2 N–H and O–H groups in total. The molecule has 1 atom stereocenters. The molecule has 5 nitrogen and oxygen atoms in total. The minimum atomic E-state index is -0.415. The first-order valence-electron chi connectivity index (χ1n) is 8.59. The monoisotopic (exact) mass is 326 g/mol. The van der Waals surface area contributed by atoms with Crippen molar-refractivity contribution in [3.8, 4) is 0 Å². The number of aromatic nitrogens is 2. The summed E-state index contributed by atoms with van der Waals surface area (Å²) in [4.78, 5) is 11.6. The van der Waals surface area contributed by atoms with Gasteiger partial charge < -0.3 is 15.3 Å². The number of anilines is 2. The van der Waals surface area contributed by atoms with Gasteiger partial charge in [-0.15, -0.1) is 0 Å². The lowest BCUT2D eigenvalue weighted by Crippen LogP contribution is -2.31. The average Bonchev–Trinajstić information content (AvgIpc) is 2.60. The molecule has 0 bridgehead atoms. The largest absolute Gasteiger partial charge is 0.389 e. The molecule has 0 saturated heterocycles. The van der Waals surface area contributed by atoms with Crippen LogP contribution in [0.2, 0.25) is 0 Å². The minimum Gasteiger partial charge on any atom is -0.389 e. The van der Waals surface area contributed by atoms with E-state index in [1.54, 1.807) is 0 Å². The number of aliphatic hydroxyl groups excluding tert-OH is 1. The van der Waals surface area contributed by atoms with Gasteiger partial charge >= 0.3 is 0 Å². The highest BCUT2D eigenvalue weighted by Crippen LogP contribution is 2.27. The van der Waals surface area contributed by atoms with Crippen molar-refractivity contribution in [2.45, 2.75) is 45.8 Å². The van der Waals surface area contributed by atoms with Crippen molar-refractivity contribution < 1.29 is 5.11 Å². The van der Waals surface area contributed by atoms with Crippen molar-refractivity contribution in [3.63, 3.8) is 0 Å². The zero-order chi connectivity index (χ0) is 17.3. The van der Waals surface area contributed by atoms with Crippen molar-refractivity contribution in [2.24, 2.45) is 0 Å². The van der Waals surface area contributed by atoms with Crippen LogP contribution in [0.15, 0.2) is 24.3 Å². The Hall–Kier alpha value is -2.14. The fourth-order valence-electron chi connectivity index (χ4n) is 3.03. The summed E-state index contributed by atoms with van der Waals surface area (Å²) in [6, 6.07) is 8.30. The van der Waals surface area contributed by atoms with Crippen LogP contribution in [-0.4, -0.2) is 28.7 Å². The number of hydrogen-bond acceptors (Lipinski definition) is 5. The average molecular weight is 326 g/mol. The van der Waals surface area contributed by atoms with Gasteiger partial charge in [-0.3, -0.25) is 0 Å². The predicted molar refractivity (Wildman–Crippen MR) is 97.5 cm³/mol. The van der Waals surface area contributed by atoms with Gasteiger partial charge in [0.05, 0.1) is 6.10 Å². The maximum absolute atomic E-state index is 9.76. The van der Waals surface area contributed by atoms with Crippen LogP contribution >= 0.6 is 0 Å². The van der Waals surface area contributed by atoms with Crippen LogP contribution in [0.25, 0.3) is 0 Å². The Bertz CT molecular complexity index is 727. The number of nitrogens with zero attached hydrogens (tertiary/aromatic N) is 3. The van der Waals surface area contributed by atoms with Gasteiger partial charge in [-0.05, 0) is 30.0 Å². The zero-order valence-corrected chi connectivity index (χ0v) is 14.9. The number of nitrogens with one attached hydrogen (secondary N) is 1. The fraction of sp³-hybridized carbons (Fsp3) is 0.474. The lowest BCUT2D eigenvalue weighted by Gasteiger charge is -2.31. The third-order valence-electron chi connectivity index (χ3n) is 4.55. The van der Waals surface area contributed by atoms with E-state index in [9.17, 15) is 5.11 Å². The van der Waals surface area contributed by atoms with Crippen LogP contribution in [0, 0.1) is 0 Å². The lowest BCUT2D eigenvalue weighted by atomic mass is 9.96. The SMILES string of the molecule is CNc1cc(N2CCc3cc([C@@H](C)O)ccc3C2)nc(C(C)C)n1. The summed E-state index contributed by atoms with van der Waals surface area (Å²) >= 11 is 0. The number of benzene rings is 1. The highest BCUT2D eigenvalue weighted by molar-refractivity contribution is 5.52. The van der Waals surface area contributed by atoms with E-state index in [2.05, 4.69) is 41.2 Å². The quantitative estimate of drug-likeness (QED) is 0.903. The molecule has 128 valence electrons. The first-order valence-corrected chi connectivity index (χ1v) is 8.59. The summed E-state index contributed by atoms with van der Waals surface area (Å²) in [6.07, 6.45) is 0.549. The molecule has 0 spiro atoms. The van der Waals surface area contributed by atoms with Crippen molar-refractivity contribution >= 4 is 11.6 Å². The second-order valence-electron chi connectivity index (χ2n) is 6.75. The smallest absolute Gasteiger partial charge is 0.135 e. The molecular weight excluding hydrogens is 300 g/mol. The van der Waals surface area contributed by atoms with Crippen LogP contribution in [0.4, 0.5) is 11.6 Å². The molecule has 1 aromatic heterocycles. The Kier molecular flexibility index (Phi) is 4.71. The molecule has 1 aromatic carbocycles. The fourth-order valence-corrected chi connectivity index (χ4v) is 3.03. The molecule has 1 aliphatic rings. The Labute approximate surface area is 143 Å². The normalized spacial score (nSPS) is 15.3. The van der Waals surface area contributed by atoms with Gasteiger partial charge in [0, 0.05) is 32.1 Å². The summed E-state index contributed by atoms with van der Waals surface area (Å²) in [5.74, 6) is 3.00. The summed E-state index contributed by atoms with van der Waals surface area (Å²) in [6.45, 7) is 7.80. The number of aliphatic hydroxyl groups is 1. The molecule has 0 fully saturated rings. The van der Waals surface area contributed by atoms with E-state index < -0.39 is 6.10 Å². The maximum atomic E-state index is 9.76. The molecule has 2 heterocycles. The Morgan fingerprint density at radius 3 is 2.58 bits per heavy atom. The minimum absolute atomic E-state index is 0.294. The molecule has 2 aromatic rings. The van der Waals surface area contributed by atoms with E-state index >= 15 is 0 Å². The van der Waals surface area contributed by atoms with E-state index in [0.717, 1.165) is 42.5 Å². The molecule has 24 heavy (non-hydrogen) atoms. The molecule has 0 radical (unpaired) electrons. The van der Waals surface area contributed by atoms with Crippen molar-refractivity contribution in [2.75, 3.05) is 23.8 Å². The lowest BCUT2D eigenvalue weighted by molar-refractivity contribution is 0.199. The summed E-state index contributed by atoms with van der Waals surface area (Å²) in [5.41, 5.74) is 3.63. The molecule has 1 aliphatic heterocycles. The van der Waals surface area contributed by atoms with E-state index in [1.165, 1.54) is 11.1 Å². The van der Waals surface area contributed by atoms with Crippen LogP contribution in [-0.2, 0) is 13.0 Å². The second kappa shape index (κ2) is 6.77. The van der Waals surface area contributed by atoms with E-state index in [-0.39, 0.29) is 0 Å². The van der Waals surface area contributed by atoms with E-state index in [0.29, 0.717) is 5.92 Å². The topological polar surface area (TPSA) is 61.3 Å². The number of fused-ring (bicyclic) bond motifs is 1. The van der Waals surface area contributed by atoms with Gasteiger partial charge in [0.1, 0.15) is 17.5 Å². The van der Waals surface area contributed by atoms with Gasteiger partial charge in [-0.1, -0.05) is 32.0 Å². The van der Waals surface area contributed by atoms with Gasteiger partial charge in [-0.25, -0.2) is 9.97 Å². The Morgan fingerprint density at radius 1 is 1.12 bits per heavy atom. The third-order valence-corrected chi connectivity index (χ3v) is 4.55. The van der Waals surface area contributed by atoms with Crippen LogP contribution in [0.1, 0.15) is 55.3 Å². The van der Waals surface area contributed by atoms with Crippen LogP contribution in [0.3, 0.4) is 0 Å². The van der Waals surface area contributed by atoms with Crippen molar-refractivity contribution in [3.05, 3.63) is 46.8 Å². The zero-order valence-electron chi connectivity index (χ0n) is 14.9. The van der Waals surface area contributed by atoms with Crippen LogP contribution < -0.4 is 10.2 Å². The first kappa shape index (κ1) is 16.7. The summed E-state index contributed by atoms with van der Waals surface area (Å²) in [5, 5.41) is 12.9. The number of hydrogen-bond donors (Lipinski definition) is 2. The molecule has 3 rings (SSSR count). The van der Waals surface area contributed by atoms with E-state index in [1.807, 2.05) is 26.1 Å². The summed E-state index contributed by atoms with van der Waals surface area (Å²) in [7, 11) is 1.89. The van der Waals surface area contributed by atoms with Crippen LogP contribution in [0.5, 0.6) is 0 Å². The molecular formula is C19H26N4O. The highest BCUT2D eigenvalue weighted by atomic mass is 16.3.